The summed E-state index contributed by atoms with van der Waals surface area (Å²) in [5.41, 5.74) is 27.1. The van der Waals surface area contributed by atoms with Crippen molar-refractivity contribution in [3.8, 4) is 118 Å². The first-order valence-corrected chi connectivity index (χ1v) is 32.6. The lowest BCUT2D eigenvalue weighted by Gasteiger charge is -2.30. The number of rotatable bonds is 9. The van der Waals surface area contributed by atoms with Crippen molar-refractivity contribution in [1.82, 2.24) is 19.5 Å². The molecular formula is C88H54N4S. The molecule has 93 heavy (non-hydrogen) atoms. The second-order valence-corrected chi connectivity index (χ2v) is 25.6. The van der Waals surface area contributed by atoms with Gasteiger partial charge >= 0.3 is 0 Å². The van der Waals surface area contributed by atoms with Crippen LogP contribution in [0.25, 0.3) is 160 Å². The molecule has 3 aromatic heterocycles. The zero-order valence-electron chi connectivity index (χ0n) is 50.4. The Bertz CT molecular complexity index is 5760. The molecule has 5 heteroatoms. The van der Waals surface area contributed by atoms with Crippen molar-refractivity contribution < 1.29 is 0 Å². The highest BCUT2D eigenvalue weighted by atomic mass is 32.1. The van der Waals surface area contributed by atoms with Crippen molar-refractivity contribution in [2.45, 2.75) is 5.41 Å². The number of aromatic nitrogens is 4. The van der Waals surface area contributed by atoms with Crippen molar-refractivity contribution in [2.75, 3.05) is 0 Å². The molecule has 0 aliphatic heterocycles. The minimum atomic E-state index is -0.485. The molecule has 0 saturated heterocycles. The third-order valence-corrected chi connectivity index (χ3v) is 20.6. The zero-order valence-corrected chi connectivity index (χ0v) is 51.2. The Morgan fingerprint density at radius 2 is 0.667 bits per heavy atom. The van der Waals surface area contributed by atoms with Gasteiger partial charge in [0.05, 0.1) is 16.4 Å². The molecular weight excluding hydrogens is 1150 g/mol. The zero-order chi connectivity index (χ0) is 61.1. The number of thiophene rings is 1. The van der Waals surface area contributed by atoms with E-state index in [1.54, 1.807) is 0 Å². The summed E-state index contributed by atoms with van der Waals surface area (Å²) in [7, 11) is 0. The molecule has 17 aromatic rings. The summed E-state index contributed by atoms with van der Waals surface area (Å²) in [4.78, 5) is 16.5. The SMILES string of the molecule is c1ccc(-c2cc(-c3ccccc3)cc(-c3nc(-c4cccc(-c5ccc6sc7ccccc7c6c5)c4)nc(-c4cccc(-c5cccc6c5c5cc(-c7ccccc7)ccc5n6-c5ccc6c(c5)C5(c7ccccc7-c7ccccc75)c5ccccc5-6)c4)n3)c2)cc1. The molecule has 4 nitrogen and oxygen atoms in total. The molecule has 0 radical (unpaired) electrons. The predicted octanol–water partition coefficient (Wildman–Crippen LogP) is 23.0. The summed E-state index contributed by atoms with van der Waals surface area (Å²) in [6.45, 7) is 0. The van der Waals surface area contributed by atoms with Crippen LogP contribution in [-0.2, 0) is 5.41 Å². The first kappa shape index (κ1) is 53.0. The summed E-state index contributed by atoms with van der Waals surface area (Å²) in [5.74, 6) is 1.77. The van der Waals surface area contributed by atoms with E-state index in [4.69, 9.17) is 15.0 Å². The molecule has 3 heterocycles. The van der Waals surface area contributed by atoms with Crippen molar-refractivity contribution in [3.05, 3.63) is 350 Å². The van der Waals surface area contributed by atoms with E-state index < -0.39 is 5.41 Å². The van der Waals surface area contributed by atoms with Crippen molar-refractivity contribution in [3.63, 3.8) is 0 Å². The molecule has 2 aliphatic carbocycles. The van der Waals surface area contributed by atoms with Crippen LogP contribution >= 0.6 is 11.3 Å². The van der Waals surface area contributed by atoms with E-state index >= 15 is 0 Å². The Balaban J connectivity index is 0.802. The van der Waals surface area contributed by atoms with E-state index in [2.05, 4.69) is 332 Å². The quantitative estimate of drug-likeness (QED) is 0.145. The van der Waals surface area contributed by atoms with E-state index in [-0.39, 0.29) is 0 Å². The van der Waals surface area contributed by atoms with E-state index in [1.807, 2.05) is 11.3 Å². The monoisotopic (exact) mass is 1200 g/mol. The molecule has 432 valence electrons. The standard InChI is InChI=1S/C88H54N4S/c1-4-21-55(22-5-1)59-41-45-80-75(53-59)84-68(35-20-39-81(84)92(80)67-43-44-72-71-33-12-16-38-78(71)88(79(72)54-67)76-36-14-10-31-69(76)70-32-11-15-37-77(70)88)61-28-19-30-63(48-61)86-89-85(62-29-18-27-58(47-62)60-42-46-83-74(52-60)73-34-13-17-40-82(73)93-83)90-87(91-86)66-50-64(56-23-6-2-7-24-56)49-65(51-66)57-25-8-3-9-26-57/h1-54H. The second-order valence-electron chi connectivity index (χ2n) is 24.6. The largest absolute Gasteiger partial charge is 0.309 e. The van der Waals surface area contributed by atoms with Gasteiger partial charge in [0.15, 0.2) is 17.5 Å². The van der Waals surface area contributed by atoms with Gasteiger partial charge in [0.2, 0.25) is 0 Å². The van der Waals surface area contributed by atoms with E-state index in [0.29, 0.717) is 17.5 Å². The Morgan fingerprint density at radius 3 is 1.31 bits per heavy atom. The fourth-order valence-electron chi connectivity index (χ4n) is 15.3. The number of hydrogen-bond donors (Lipinski definition) is 0. The van der Waals surface area contributed by atoms with Crippen LogP contribution in [0.2, 0.25) is 0 Å². The number of nitrogens with zero attached hydrogens (tertiary/aromatic N) is 4. The summed E-state index contributed by atoms with van der Waals surface area (Å²) in [5, 5.41) is 4.88. The summed E-state index contributed by atoms with van der Waals surface area (Å²) in [6, 6.07) is 120. The van der Waals surface area contributed by atoms with Gasteiger partial charge in [-0.05, 0) is 179 Å². The highest BCUT2D eigenvalue weighted by Crippen LogP contribution is 2.63. The Kier molecular flexibility index (Phi) is 12.0. The smallest absolute Gasteiger partial charge is 0.164 e. The molecule has 19 rings (SSSR count). The number of fused-ring (bicyclic) bond motifs is 16. The van der Waals surface area contributed by atoms with Gasteiger partial charge in [-0.3, -0.25) is 0 Å². The van der Waals surface area contributed by atoms with Crippen LogP contribution in [0.5, 0.6) is 0 Å². The molecule has 14 aromatic carbocycles. The molecule has 2 aliphatic rings. The molecule has 1 spiro atoms. The Morgan fingerprint density at radius 1 is 0.237 bits per heavy atom. The topological polar surface area (TPSA) is 43.6 Å². The van der Waals surface area contributed by atoms with Gasteiger partial charge in [0, 0.05) is 53.3 Å². The Labute approximate surface area is 542 Å². The van der Waals surface area contributed by atoms with Crippen LogP contribution in [0, 0.1) is 0 Å². The van der Waals surface area contributed by atoms with E-state index in [1.165, 1.54) is 81.0 Å². The molecule has 0 saturated carbocycles. The van der Waals surface area contributed by atoms with Gasteiger partial charge in [0.1, 0.15) is 0 Å². The van der Waals surface area contributed by atoms with E-state index in [9.17, 15) is 0 Å². The maximum absolute atomic E-state index is 5.52. The lowest BCUT2D eigenvalue weighted by atomic mass is 9.70. The molecule has 0 amide bonds. The van der Waals surface area contributed by atoms with Crippen molar-refractivity contribution in [1.29, 1.82) is 0 Å². The average Bonchev–Trinajstić information content (AvgIpc) is 1.51. The van der Waals surface area contributed by atoms with Crippen molar-refractivity contribution >= 4 is 53.3 Å². The van der Waals surface area contributed by atoms with Crippen LogP contribution in [-0.4, -0.2) is 19.5 Å². The van der Waals surface area contributed by atoms with Gasteiger partial charge < -0.3 is 4.57 Å². The number of hydrogen-bond acceptors (Lipinski definition) is 4. The second kappa shape index (κ2) is 21.1. The maximum atomic E-state index is 5.52. The van der Waals surface area contributed by atoms with Gasteiger partial charge in [-0.1, -0.05) is 249 Å². The fourth-order valence-corrected chi connectivity index (χ4v) is 16.4. The van der Waals surface area contributed by atoms with E-state index in [0.717, 1.165) is 83.5 Å². The highest BCUT2D eigenvalue weighted by molar-refractivity contribution is 7.25. The maximum Gasteiger partial charge on any atom is 0.164 e. The van der Waals surface area contributed by atoms with Crippen molar-refractivity contribution in [2.24, 2.45) is 0 Å². The third-order valence-electron chi connectivity index (χ3n) is 19.4. The fraction of sp³-hybridized carbons (Fsp3) is 0.0114. The predicted molar refractivity (Wildman–Crippen MR) is 387 cm³/mol. The molecule has 0 bridgehead atoms. The average molecular weight is 1200 g/mol. The summed E-state index contributed by atoms with van der Waals surface area (Å²) < 4.78 is 5.07. The Hall–Kier alpha value is -11.9. The van der Waals surface area contributed by atoms with Crippen LogP contribution in [0.4, 0.5) is 0 Å². The molecule has 0 N–H and O–H groups in total. The van der Waals surface area contributed by atoms with Gasteiger partial charge in [0.25, 0.3) is 0 Å². The first-order chi connectivity index (χ1) is 46.1. The lowest BCUT2D eigenvalue weighted by molar-refractivity contribution is 0.792. The molecule has 0 fully saturated rings. The van der Waals surface area contributed by atoms with Crippen LogP contribution in [0.15, 0.2) is 328 Å². The highest BCUT2D eigenvalue weighted by Gasteiger charge is 2.51. The van der Waals surface area contributed by atoms with Crippen LogP contribution < -0.4 is 0 Å². The molecule has 0 atom stereocenters. The first-order valence-electron chi connectivity index (χ1n) is 31.8. The van der Waals surface area contributed by atoms with Gasteiger partial charge in [-0.25, -0.2) is 15.0 Å². The summed E-state index contributed by atoms with van der Waals surface area (Å²) in [6.07, 6.45) is 0. The van der Waals surface area contributed by atoms with Crippen LogP contribution in [0.1, 0.15) is 22.3 Å². The minimum Gasteiger partial charge on any atom is -0.309 e. The minimum absolute atomic E-state index is 0.485. The normalized spacial score (nSPS) is 12.6. The lowest BCUT2D eigenvalue weighted by Crippen LogP contribution is -2.26. The number of benzene rings is 14. The van der Waals surface area contributed by atoms with Gasteiger partial charge in [-0.15, -0.1) is 11.3 Å². The summed E-state index contributed by atoms with van der Waals surface area (Å²) >= 11 is 1.84. The third kappa shape index (κ3) is 8.41. The molecule has 0 unspecified atom stereocenters. The van der Waals surface area contributed by atoms with Crippen LogP contribution in [0.3, 0.4) is 0 Å². The van der Waals surface area contributed by atoms with Gasteiger partial charge in [-0.2, -0.15) is 0 Å².